The van der Waals surface area contributed by atoms with Gasteiger partial charge in [0.25, 0.3) is 0 Å². The van der Waals surface area contributed by atoms with Gasteiger partial charge in [-0.05, 0) is 55.5 Å². The number of anilines is 2. The molecule has 0 radical (unpaired) electrons. The van der Waals surface area contributed by atoms with E-state index in [2.05, 4.69) is 20.1 Å². The number of sulfonamides is 2. The van der Waals surface area contributed by atoms with Crippen molar-refractivity contribution in [2.24, 2.45) is 0 Å². The largest absolute Gasteiger partial charge is 0.326 e. The summed E-state index contributed by atoms with van der Waals surface area (Å²) in [4.78, 5) is 22.0. The van der Waals surface area contributed by atoms with Crippen LogP contribution in [-0.2, 0) is 29.6 Å². The van der Waals surface area contributed by atoms with E-state index in [4.69, 9.17) is 0 Å². The van der Waals surface area contributed by atoms with Crippen molar-refractivity contribution in [1.82, 2.24) is 9.44 Å². The molecular weight excluding hydrogens is 444 g/mol. The predicted molar refractivity (Wildman–Crippen MR) is 116 cm³/mol. The van der Waals surface area contributed by atoms with E-state index in [1.807, 2.05) is 0 Å². The highest BCUT2D eigenvalue weighted by Crippen LogP contribution is 2.15. The molecule has 0 aliphatic heterocycles. The maximum Gasteiger partial charge on any atom is 0.240 e. The quantitative estimate of drug-likeness (QED) is 0.435. The van der Waals surface area contributed by atoms with Gasteiger partial charge in [-0.2, -0.15) is 0 Å². The number of benzene rings is 2. The van der Waals surface area contributed by atoms with Crippen molar-refractivity contribution in [3.8, 4) is 0 Å². The second kappa shape index (κ2) is 10.0. The molecule has 0 aliphatic carbocycles. The molecule has 2 rings (SSSR count). The van der Waals surface area contributed by atoms with Crippen LogP contribution in [0.2, 0.25) is 0 Å². The first-order valence-electron chi connectivity index (χ1n) is 9.16. The van der Waals surface area contributed by atoms with Crippen molar-refractivity contribution in [1.29, 1.82) is 0 Å². The fraction of sp³-hybridized carbons (Fsp3) is 0.263. The normalized spacial score (nSPS) is 12.7. The summed E-state index contributed by atoms with van der Waals surface area (Å²) in [5, 5.41) is 5.07. The first-order chi connectivity index (χ1) is 14.4. The van der Waals surface area contributed by atoms with Crippen LogP contribution in [0.5, 0.6) is 0 Å². The van der Waals surface area contributed by atoms with Gasteiger partial charge in [-0.1, -0.05) is 0 Å². The predicted octanol–water partition coefficient (Wildman–Crippen LogP) is 1.25. The Morgan fingerprint density at radius 1 is 0.742 bits per heavy atom. The Hall–Kier alpha value is -2.80. The fourth-order valence-electron chi connectivity index (χ4n) is 2.53. The second-order valence-corrected chi connectivity index (χ2v) is 10.3. The number of rotatable bonds is 9. The summed E-state index contributed by atoms with van der Waals surface area (Å²) in [6.07, 6.45) is 0. The van der Waals surface area contributed by atoms with E-state index in [9.17, 15) is 26.4 Å². The third-order valence-electron chi connectivity index (χ3n) is 3.91. The minimum Gasteiger partial charge on any atom is -0.326 e. The van der Waals surface area contributed by atoms with E-state index in [1.165, 1.54) is 69.3 Å². The zero-order valence-electron chi connectivity index (χ0n) is 17.2. The van der Waals surface area contributed by atoms with Gasteiger partial charge in [0.15, 0.2) is 0 Å². The van der Waals surface area contributed by atoms with Crippen LogP contribution in [0.4, 0.5) is 11.4 Å². The standard InChI is InChI=1S/C19H24N4O6S2/c1-13(23-31(28,29)19-10-6-17(7-11-19)22-15(3)25)12-20-30(26,27)18-8-4-16(5-9-18)21-14(2)24/h4-11,13,20,23H,12H2,1-3H3,(H,21,24)(H,22,25)/t13-/m1/s1. The highest BCUT2D eigenvalue weighted by molar-refractivity contribution is 7.90. The molecule has 1 atom stereocenters. The zero-order valence-corrected chi connectivity index (χ0v) is 18.8. The molecular formula is C19H24N4O6S2. The maximum atomic E-state index is 12.5. The molecule has 168 valence electrons. The Morgan fingerprint density at radius 2 is 1.13 bits per heavy atom. The first-order valence-corrected chi connectivity index (χ1v) is 12.1. The number of hydrogen-bond donors (Lipinski definition) is 4. The minimum atomic E-state index is -3.89. The third kappa shape index (κ3) is 7.43. The number of hydrogen-bond acceptors (Lipinski definition) is 6. The Balaban J connectivity index is 1.98. The van der Waals surface area contributed by atoms with Gasteiger partial charge in [-0.25, -0.2) is 26.3 Å². The van der Waals surface area contributed by atoms with Gasteiger partial charge in [0.2, 0.25) is 31.9 Å². The van der Waals surface area contributed by atoms with Gasteiger partial charge in [-0.15, -0.1) is 0 Å². The molecule has 0 saturated heterocycles. The Morgan fingerprint density at radius 3 is 1.52 bits per heavy atom. The van der Waals surface area contributed by atoms with Crippen LogP contribution in [0.25, 0.3) is 0 Å². The molecule has 10 nitrogen and oxygen atoms in total. The van der Waals surface area contributed by atoms with Crippen LogP contribution in [0.1, 0.15) is 20.8 Å². The van der Waals surface area contributed by atoms with Crippen LogP contribution in [0.3, 0.4) is 0 Å². The molecule has 0 aliphatic rings. The van der Waals surface area contributed by atoms with E-state index in [0.29, 0.717) is 11.4 Å². The lowest BCUT2D eigenvalue weighted by Crippen LogP contribution is -2.41. The van der Waals surface area contributed by atoms with Crippen LogP contribution in [0.15, 0.2) is 58.3 Å². The number of nitrogens with one attached hydrogen (secondary N) is 4. The summed E-state index contributed by atoms with van der Waals surface area (Å²) in [5.41, 5.74) is 0.911. The molecule has 2 aromatic rings. The lowest BCUT2D eigenvalue weighted by Gasteiger charge is -2.16. The molecule has 0 fully saturated rings. The first kappa shape index (κ1) is 24.5. The van der Waals surface area contributed by atoms with Gasteiger partial charge in [0, 0.05) is 37.8 Å². The second-order valence-electron chi connectivity index (χ2n) is 6.79. The van der Waals surface area contributed by atoms with Crippen molar-refractivity contribution >= 4 is 43.2 Å². The Bertz CT molecular complexity index is 1140. The molecule has 0 unspecified atom stereocenters. The molecule has 12 heteroatoms. The van der Waals surface area contributed by atoms with Crippen molar-refractivity contribution in [2.45, 2.75) is 36.6 Å². The molecule has 0 saturated carbocycles. The van der Waals surface area contributed by atoms with Gasteiger partial charge < -0.3 is 10.6 Å². The Labute approximate surface area is 181 Å². The molecule has 0 heterocycles. The third-order valence-corrected chi connectivity index (χ3v) is 6.95. The average Bonchev–Trinajstić information content (AvgIpc) is 2.66. The van der Waals surface area contributed by atoms with Crippen molar-refractivity contribution in [2.75, 3.05) is 17.2 Å². The van der Waals surface area contributed by atoms with Gasteiger partial charge in [0.05, 0.1) is 9.79 Å². The van der Waals surface area contributed by atoms with E-state index < -0.39 is 26.1 Å². The van der Waals surface area contributed by atoms with E-state index in [0.717, 1.165) is 0 Å². The summed E-state index contributed by atoms with van der Waals surface area (Å²) >= 11 is 0. The topological polar surface area (TPSA) is 151 Å². The van der Waals surface area contributed by atoms with Crippen molar-refractivity contribution in [3.63, 3.8) is 0 Å². The van der Waals surface area contributed by atoms with E-state index in [1.54, 1.807) is 0 Å². The monoisotopic (exact) mass is 468 g/mol. The minimum absolute atomic E-state index is 0.0229. The molecule has 0 spiro atoms. The smallest absolute Gasteiger partial charge is 0.240 e. The highest BCUT2D eigenvalue weighted by atomic mass is 32.2. The fourth-order valence-corrected chi connectivity index (χ4v) is 4.91. The molecule has 0 aromatic heterocycles. The summed E-state index contributed by atoms with van der Waals surface area (Å²) in [6.45, 7) is 4.02. The van der Waals surface area contributed by atoms with E-state index >= 15 is 0 Å². The summed E-state index contributed by atoms with van der Waals surface area (Å²) in [6, 6.07) is 10.4. The maximum absolute atomic E-state index is 12.5. The van der Waals surface area contributed by atoms with Crippen molar-refractivity contribution in [3.05, 3.63) is 48.5 Å². The van der Waals surface area contributed by atoms with Gasteiger partial charge in [-0.3, -0.25) is 9.59 Å². The molecule has 0 bridgehead atoms. The van der Waals surface area contributed by atoms with Crippen LogP contribution >= 0.6 is 0 Å². The summed E-state index contributed by atoms with van der Waals surface area (Å²) < 4.78 is 54.6. The SMILES string of the molecule is CC(=O)Nc1ccc(S(=O)(=O)NC[C@@H](C)NS(=O)(=O)c2ccc(NC(C)=O)cc2)cc1. The Kier molecular flexibility index (Phi) is 7.90. The lowest BCUT2D eigenvalue weighted by atomic mass is 10.3. The molecule has 2 aromatic carbocycles. The lowest BCUT2D eigenvalue weighted by molar-refractivity contribution is -0.115. The molecule has 2 amide bonds. The number of carbonyl (C=O) groups is 2. The summed E-state index contributed by atoms with van der Waals surface area (Å²) in [7, 11) is -7.77. The molecule has 4 N–H and O–H groups in total. The molecule has 31 heavy (non-hydrogen) atoms. The van der Waals surface area contributed by atoms with Crippen molar-refractivity contribution < 1.29 is 26.4 Å². The number of amides is 2. The highest BCUT2D eigenvalue weighted by Gasteiger charge is 2.20. The van der Waals surface area contributed by atoms with Crippen LogP contribution in [-0.4, -0.2) is 41.2 Å². The van der Waals surface area contributed by atoms with Gasteiger partial charge in [0.1, 0.15) is 0 Å². The van der Waals surface area contributed by atoms with Gasteiger partial charge >= 0.3 is 0 Å². The van der Waals surface area contributed by atoms with E-state index in [-0.39, 0.29) is 28.2 Å². The van der Waals surface area contributed by atoms with Crippen LogP contribution < -0.4 is 20.1 Å². The van der Waals surface area contributed by atoms with Crippen LogP contribution in [0, 0.1) is 0 Å². The number of carbonyl (C=O) groups excluding carboxylic acids is 2. The zero-order chi connectivity index (χ0) is 23.2. The summed E-state index contributed by atoms with van der Waals surface area (Å²) in [5.74, 6) is -0.556. The average molecular weight is 469 g/mol.